The maximum Gasteiger partial charge on any atom is 0.258 e. The monoisotopic (exact) mass is 709 g/mol. The number of amides is 1. The number of fused-ring (bicyclic) bond motifs is 1. The molecule has 276 valence electrons. The van der Waals surface area contributed by atoms with E-state index in [2.05, 4.69) is 49.6 Å². The molecular weight excluding hydrogens is 658 g/mol. The molecule has 0 radical (unpaired) electrons. The number of piperazine rings is 1. The zero-order valence-electron chi connectivity index (χ0n) is 30.6. The van der Waals surface area contributed by atoms with Gasteiger partial charge in [-0.2, -0.15) is 24.7 Å². The Kier molecular flexibility index (Phi) is 9.23. The molecule has 3 aliphatic heterocycles. The van der Waals surface area contributed by atoms with Crippen molar-refractivity contribution in [3.8, 4) is 5.95 Å². The summed E-state index contributed by atoms with van der Waals surface area (Å²) in [5.41, 5.74) is 3.53. The lowest BCUT2D eigenvalue weighted by molar-refractivity contribution is 0.0265. The van der Waals surface area contributed by atoms with Crippen molar-refractivity contribution >= 4 is 28.8 Å². The van der Waals surface area contributed by atoms with Gasteiger partial charge in [-0.15, -0.1) is 5.10 Å². The van der Waals surface area contributed by atoms with E-state index in [9.17, 15) is 4.79 Å². The Morgan fingerprint density at radius 2 is 1.48 bits per heavy atom. The third kappa shape index (κ3) is 6.72. The molecule has 5 aliphatic rings. The Morgan fingerprint density at radius 1 is 0.808 bits per heavy atom. The van der Waals surface area contributed by atoms with Gasteiger partial charge in [0.15, 0.2) is 5.65 Å². The summed E-state index contributed by atoms with van der Waals surface area (Å²) in [4.78, 5) is 43.0. The Hall–Kier alpha value is -4.24. The van der Waals surface area contributed by atoms with E-state index in [0.717, 1.165) is 92.7 Å². The van der Waals surface area contributed by atoms with E-state index in [-0.39, 0.29) is 18.0 Å². The Bertz CT molecular complexity index is 1840. The number of ether oxygens (including phenoxy) is 1. The van der Waals surface area contributed by atoms with Crippen LogP contribution in [0.1, 0.15) is 112 Å². The van der Waals surface area contributed by atoms with Crippen LogP contribution in [0.2, 0.25) is 0 Å². The predicted octanol–water partition coefficient (Wildman–Crippen LogP) is 4.14. The molecule has 9 rings (SSSR count). The van der Waals surface area contributed by atoms with Crippen molar-refractivity contribution in [2.45, 2.75) is 109 Å². The molecule has 2 aliphatic carbocycles. The van der Waals surface area contributed by atoms with Crippen molar-refractivity contribution in [1.82, 2.24) is 54.5 Å². The van der Waals surface area contributed by atoms with E-state index in [1.807, 2.05) is 17.3 Å². The first-order chi connectivity index (χ1) is 25.5. The number of rotatable bonds is 8. The second-order valence-corrected chi connectivity index (χ2v) is 15.6. The van der Waals surface area contributed by atoms with Crippen LogP contribution < -0.4 is 9.80 Å². The van der Waals surface area contributed by atoms with E-state index in [0.29, 0.717) is 62.7 Å². The summed E-state index contributed by atoms with van der Waals surface area (Å²) in [5.74, 6) is 2.37. The predicted molar refractivity (Wildman–Crippen MR) is 196 cm³/mol. The molecule has 7 heterocycles. The molecule has 4 aromatic heterocycles. The zero-order chi connectivity index (χ0) is 35.2. The van der Waals surface area contributed by atoms with Gasteiger partial charge in [0.05, 0.1) is 48.3 Å². The van der Waals surface area contributed by atoms with E-state index < -0.39 is 0 Å². The van der Waals surface area contributed by atoms with Crippen molar-refractivity contribution in [2.75, 3.05) is 62.3 Å². The summed E-state index contributed by atoms with van der Waals surface area (Å²) in [6.45, 7) is 11.0. The number of nitrogens with zero attached hydrogens (tertiary/aromatic N) is 13. The van der Waals surface area contributed by atoms with Gasteiger partial charge in [0.2, 0.25) is 11.9 Å². The largest absolute Gasteiger partial charge is 0.378 e. The van der Waals surface area contributed by atoms with Crippen molar-refractivity contribution in [3.63, 3.8) is 0 Å². The molecule has 0 unspecified atom stereocenters. The molecule has 4 aromatic rings. The third-order valence-electron chi connectivity index (χ3n) is 11.7. The van der Waals surface area contributed by atoms with E-state index >= 15 is 0 Å². The van der Waals surface area contributed by atoms with Gasteiger partial charge in [-0.1, -0.05) is 24.5 Å². The van der Waals surface area contributed by atoms with Gasteiger partial charge < -0.3 is 19.4 Å². The van der Waals surface area contributed by atoms with Crippen LogP contribution in [0.3, 0.4) is 0 Å². The number of piperidine rings is 1. The van der Waals surface area contributed by atoms with Crippen LogP contribution in [-0.2, 0) is 11.3 Å². The standard InChI is InChI=1S/C37H51N13O2/c1-25-21-47(34(51)30-19-32(27-11-12-27)39-33-31(30)20-38-50(33)29-9-5-3-6-10-29)22-26(2)48(25)23-28-24-49(44-43-28)37-41-35(45-13-7-4-8-14-45)40-36(42-37)46-15-17-52-18-16-46/h19-20,24-27,29H,3-18,21-23H2,1-2H3/t25-,26+. The lowest BCUT2D eigenvalue weighted by Gasteiger charge is -2.44. The zero-order valence-corrected chi connectivity index (χ0v) is 30.6. The maximum absolute atomic E-state index is 14.4. The first kappa shape index (κ1) is 33.6. The summed E-state index contributed by atoms with van der Waals surface area (Å²) in [6, 6.07) is 2.68. The fourth-order valence-electron chi connectivity index (χ4n) is 8.64. The maximum atomic E-state index is 14.4. The number of morpholine rings is 1. The summed E-state index contributed by atoms with van der Waals surface area (Å²) in [5, 5.41) is 14.8. The third-order valence-corrected chi connectivity index (χ3v) is 11.7. The van der Waals surface area contributed by atoms with Crippen molar-refractivity contribution in [1.29, 1.82) is 0 Å². The average Bonchev–Trinajstić information content (AvgIpc) is 3.78. The molecule has 0 bridgehead atoms. The Morgan fingerprint density at radius 3 is 2.19 bits per heavy atom. The van der Waals surface area contributed by atoms with Crippen LogP contribution >= 0.6 is 0 Å². The highest BCUT2D eigenvalue weighted by Crippen LogP contribution is 2.41. The van der Waals surface area contributed by atoms with Crippen LogP contribution in [0, 0.1) is 0 Å². The van der Waals surface area contributed by atoms with Gasteiger partial charge in [-0.3, -0.25) is 9.69 Å². The number of aromatic nitrogens is 9. The highest BCUT2D eigenvalue weighted by atomic mass is 16.5. The van der Waals surface area contributed by atoms with Crippen LogP contribution in [0.25, 0.3) is 17.0 Å². The van der Waals surface area contributed by atoms with Crippen LogP contribution in [0.15, 0.2) is 18.5 Å². The molecule has 15 nitrogen and oxygen atoms in total. The smallest absolute Gasteiger partial charge is 0.258 e. The van der Waals surface area contributed by atoms with Crippen LogP contribution in [-0.4, -0.2) is 125 Å². The molecule has 0 spiro atoms. The number of carbonyl (C=O) groups excluding carboxylic acids is 1. The van der Waals surface area contributed by atoms with Gasteiger partial charge in [-0.05, 0) is 64.9 Å². The number of anilines is 2. The summed E-state index contributed by atoms with van der Waals surface area (Å²) in [7, 11) is 0. The molecular formula is C37H51N13O2. The van der Waals surface area contributed by atoms with E-state index in [4.69, 9.17) is 29.8 Å². The first-order valence-electron chi connectivity index (χ1n) is 19.7. The molecule has 3 saturated heterocycles. The summed E-state index contributed by atoms with van der Waals surface area (Å²) in [6.07, 6.45) is 15.6. The second kappa shape index (κ2) is 14.3. The highest BCUT2D eigenvalue weighted by molar-refractivity contribution is 6.05. The molecule has 5 fully saturated rings. The van der Waals surface area contributed by atoms with Crippen molar-refractivity contribution in [3.05, 3.63) is 35.4 Å². The van der Waals surface area contributed by atoms with Gasteiger partial charge in [0.1, 0.15) is 0 Å². The molecule has 2 atom stereocenters. The first-order valence-corrected chi connectivity index (χ1v) is 19.7. The highest BCUT2D eigenvalue weighted by Gasteiger charge is 2.35. The van der Waals surface area contributed by atoms with Gasteiger partial charge in [0, 0.05) is 69.5 Å². The topological polar surface area (TPSA) is 139 Å². The van der Waals surface area contributed by atoms with Crippen molar-refractivity contribution in [2.24, 2.45) is 0 Å². The van der Waals surface area contributed by atoms with Gasteiger partial charge in [0.25, 0.3) is 11.9 Å². The van der Waals surface area contributed by atoms with Gasteiger partial charge in [-0.25, -0.2) is 9.67 Å². The van der Waals surface area contributed by atoms with Crippen molar-refractivity contribution < 1.29 is 9.53 Å². The summed E-state index contributed by atoms with van der Waals surface area (Å²) < 4.78 is 9.40. The number of hydrogen-bond acceptors (Lipinski definition) is 12. The fraction of sp³-hybridized carbons (Fsp3) is 0.676. The van der Waals surface area contributed by atoms with E-state index in [1.54, 1.807) is 4.68 Å². The Balaban J connectivity index is 0.923. The number of pyridine rings is 1. The molecule has 0 aromatic carbocycles. The van der Waals surface area contributed by atoms with Gasteiger partial charge >= 0.3 is 0 Å². The minimum Gasteiger partial charge on any atom is -0.378 e. The molecule has 15 heteroatoms. The number of carbonyl (C=O) groups is 1. The molecule has 1 amide bonds. The quantitative estimate of drug-likeness (QED) is 0.260. The molecule has 2 saturated carbocycles. The normalized spacial score (nSPS) is 23.8. The lowest BCUT2D eigenvalue weighted by Crippen LogP contribution is -2.57. The minimum absolute atomic E-state index is 0.0807. The van der Waals surface area contributed by atoms with Crippen LogP contribution in [0.4, 0.5) is 11.9 Å². The molecule has 52 heavy (non-hydrogen) atoms. The Labute approximate surface area is 304 Å². The molecule has 0 N–H and O–H groups in total. The average molecular weight is 710 g/mol. The van der Waals surface area contributed by atoms with E-state index in [1.165, 1.54) is 25.7 Å². The minimum atomic E-state index is 0.0807. The fourth-order valence-corrected chi connectivity index (χ4v) is 8.64. The second-order valence-electron chi connectivity index (χ2n) is 15.6. The summed E-state index contributed by atoms with van der Waals surface area (Å²) >= 11 is 0. The SMILES string of the molecule is C[C@@H]1CN(C(=O)c2cc(C3CC3)nc3c2cnn3C2CCCCC2)C[C@H](C)N1Cc1cn(-c2nc(N3CCCCC3)nc(N3CCOCC3)n2)nn1. The van der Waals surface area contributed by atoms with Crippen LogP contribution in [0.5, 0.6) is 0 Å². The number of hydrogen-bond donors (Lipinski definition) is 0. The lowest BCUT2D eigenvalue weighted by atomic mass is 9.95.